The summed E-state index contributed by atoms with van der Waals surface area (Å²) in [7, 11) is 0.790. The maximum absolute atomic E-state index is 5.57. The van der Waals surface area contributed by atoms with E-state index in [-0.39, 0.29) is 5.41 Å². The second kappa shape index (κ2) is 6.18. The van der Waals surface area contributed by atoms with Gasteiger partial charge in [0.05, 0.1) is 0 Å². The zero-order valence-corrected chi connectivity index (χ0v) is 14.0. The normalized spacial score (nSPS) is 11.9. The maximum atomic E-state index is 5.57. The zero-order valence-electron chi connectivity index (χ0n) is 12.0. The summed E-state index contributed by atoms with van der Waals surface area (Å²) in [6, 6.07) is 21.5. The van der Waals surface area contributed by atoms with Gasteiger partial charge in [0.2, 0.25) is 0 Å². The van der Waals surface area contributed by atoms with Crippen molar-refractivity contribution in [3.05, 3.63) is 71.8 Å². The summed E-state index contributed by atoms with van der Waals surface area (Å²) in [6.07, 6.45) is 0. The lowest BCUT2D eigenvalue weighted by Gasteiger charge is -2.35. The molecule has 0 aromatic heterocycles. The molecule has 2 rings (SSSR count). The minimum absolute atomic E-state index is 0.0878. The molecule has 0 heterocycles. The molecular formula is C17H22OSi. The third kappa shape index (κ3) is 3.34. The predicted molar refractivity (Wildman–Crippen MR) is 84.4 cm³/mol. The number of hydrogen-bond acceptors (Lipinski definition) is 1. The van der Waals surface area contributed by atoms with Crippen LogP contribution < -0.4 is 0 Å². The molecular weight excluding hydrogens is 248 g/mol. The van der Waals surface area contributed by atoms with Gasteiger partial charge in [0, 0.05) is 12.5 Å². The summed E-state index contributed by atoms with van der Waals surface area (Å²) >= 11 is 0. The highest BCUT2D eigenvalue weighted by molar-refractivity contribution is 5.97. The first-order valence-corrected chi connectivity index (χ1v) is 7.55. The van der Waals surface area contributed by atoms with E-state index < -0.39 is 0 Å². The standard InChI is InChI=1S/C17H22OSi/c1-17(2,13-18-19)16(14-9-5-3-6-10-14)15-11-7-4-8-12-15/h3-12,16H,13H2,1-2,19H3. The molecule has 0 aliphatic rings. The summed E-state index contributed by atoms with van der Waals surface area (Å²) < 4.78 is 5.57. The molecule has 100 valence electrons. The van der Waals surface area contributed by atoms with Crippen LogP contribution in [0.3, 0.4) is 0 Å². The summed E-state index contributed by atoms with van der Waals surface area (Å²) in [5, 5.41) is 0. The summed E-state index contributed by atoms with van der Waals surface area (Å²) in [4.78, 5) is 0. The predicted octanol–water partition coefficient (Wildman–Crippen LogP) is 3.14. The van der Waals surface area contributed by atoms with Crippen LogP contribution in [0, 0.1) is 5.41 Å². The zero-order chi connectivity index (χ0) is 13.7. The van der Waals surface area contributed by atoms with Crippen molar-refractivity contribution in [1.29, 1.82) is 0 Å². The van der Waals surface area contributed by atoms with E-state index in [0.29, 0.717) is 5.92 Å². The quantitative estimate of drug-likeness (QED) is 0.759. The summed E-state index contributed by atoms with van der Waals surface area (Å²) in [5.74, 6) is 0.365. The van der Waals surface area contributed by atoms with Gasteiger partial charge in [-0.05, 0) is 16.5 Å². The maximum Gasteiger partial charge on any atom is 0.145 e. The van der Waals surface area contributed by atoms with E-state index >= 15 is 0 Å². The lowest BCUT2D eigenvalue weighted by atomic mass is 9.72. The topological polar surface area (TPSA) is 9.23 Å². The molecule has 0 amide bonds. The highest BCUT2D eigenvalue weighted by Crippen LogP contribution is 2.40. The van der Waals surface area contributed by atoms with E-state index in [1.807, 2.05) is 0 Å². The van der Waals surface area contributed by atoms with Crippen LogP contribution in [0.1, 0.15) is 30.9 Å². The molecule has 0 aliphatic carbocycles. The van der Waals surface area contributed by atoms with Gasteiger partial charge in [-0.2, -0.15) is 0 Å². The third-order valence-electron chi connectivity index (χ3n) is 3.56. The summed E-state index contributed by atoms with van der Waals surface area (Å²) in [6.45, 7) is 5.37. The van der Waals surface area contributed by atoms with Gasteiger partial charge in [-0.25, -0.2) is 0 Å². The first-order valence-electron chi connectivity index (χ1n) is 6.74. The Morgan fingerprint density at radius 1 is 0.895 bits per heavy atom. The first kappa shape index (κ1) is 14.0. The third-order valence-corrected chi connectivity index (χ3v) is 3.85. The van der Waals surface area contributed by atoms with E-state index in [4.69, 9.17) is 4.43 Å². The minimum atomic E-state index is 0.0878. The summed E-state index contributed by atoms with van der Waals surface area (Å²) in [5.41, 5.74) is 2.81. The average molecular weight is 270 g/mol. The van der Waals surface area contributed by atoms with Gasteiger partial charge >= 0.3 is 0 Å². The Hall–Kier alpha value is -1.38. The lowest BCUT2D eigenvalue weighted by Crippen LogP contribution is -2.28. The van der Waals surface area contributed by atoms with Crippen molar-refractivity contribution in [3.63, 3.8) is 0 Å². The monoisotopic (exact) mass is 270 g/mol. The van der Waals surface area contributed by atoms with Crippen LogP contribution in [0.25, 0.3) is 0 Å². The molecule has 2 aromatic carbocycles. The molecule has 0 saturated heterocycles. The molecule has 0 bridgehead atoms. The van der Waals surface area contributed by atoms with Crippen molar-refractivity contribution in [2.75, 3.05) is 6.61 Å². The molecule has 0 radical (unpaired) electrons. The molecule has 0 saturated carbocycles. The van der Waals surface area contributed by atoms with Gasteiger partial charge in [0.15, 0.2) is 0 Å². The fourth-order valence-electron chi connectivity index (χ4n) is 2.84. The van der Waals surface area contributed by atoms with Crippen molar-refractivity contribution in [2.45, 2.75) is 19.8 Å². The Morgan fingerprint density at radius 3 is 1.68 bits per heavy atom. The SMILES string of the molecule is CC(C)(CO[SiH3])C(c1ccccc1)c1ccccc1. The number of benzene rings is 2. The lowest BCUT2D eigenvalue weighted by molar-refractivity contribution is 0.173. The van der Waals surface area contributed by atoms with Crippen LogP contribution in [0.5, 0.6) is 0 Å². The molecule has 0 spiro atoms. The molecule has 19 heavy (non-hydrogen) atoms. The highest BCUT2D eigenvalue weighted by Gasteiger charge is 2.31. The average Bonchev–Trinajstić information content (AvgIpc) is 2.41. The van der Waals surface area contributed by atoms with E-state index in [0.717, 1.165) is 17.1 Å². The fraction of sp³-hybridized carbons (Fsp3) is 0.294. The molecule has 1 nitrogen and oxygen atoms in total. The van der Waals surface area contributed by atoms with Gasteiger partial charge < -0.3 is 4.43 Å². The van der Waals surface area contributed by atoms with Crippen molar-refractivity contribution >= 4 is 10.5 Å². The van der Waals surface area contributed by atoms with Crippen molar-refractivity contribution in [2.24, 2.45) is 5.41 Å². The second-order valence-corrected chi connectivity index (χ2v) is 6.25. The number of rotatable bonds is 5. The molecule has 0 N–H and O–H groups in total. The van der Waals surface area contributed by atoms with Crippen LogP contribution in [0.2, 0.25) is 0 Å². The Kier molecular flexibility index (Phi) is 4.56. The van der Waals surface area contributed by atoms with Gasteiger partial charge in [0.1, 0.15) is 10.5 Å². The van der Waals surface area contributed by atoms with Crippen LogP contribution in [-0.2, 0) is 4.43 Å². The van der Waals surface area contributed by atoms with Crippen LogP contribution in [-0.4, -0.2) is 17.1 Å². The molecule has 0 unspecified atom stereocenters. The van der Waals surface area contributed by atoms with E-state index in [2.05, 4.69) is 74.5 Å². The Balaban J connectivity index is 2.46. The Bertz CT molecular complexity index is 454. The second-order valence-electron chi connectivity index (χ2n) is 5.68. The van der Waals surface area contributed by atoms with Crippen LogP contribution in [0.4, 0.5) is 0 Å². The van der Waals surface area contributed by atoms with Crippen LogP contribution in [0.15, 0.2) is 60.7 Å². The Labute approximate surface area is 119 Å². The van der Waals surface area contributed by atoms with Gasteiger partial charge in [-0.15, -0.1) is 0 Å². The van der Waals surface area contributed by atoms with Gasteiger partial charge in [-0.1, -0.05) is 74.5 Å². The van der Waals surface area contributed by atoms with E-state index in [9.17, 15) is 0 Å². The highest BCUT2D eigenvalue weighted by atomic mass is 28.2. The Morgan fingerprint density at radius 2 is 1.32 bits per heavy atom. The van der Waals surface area contributed by atoms with Crippen molar-refractivity contribution in [3.8, 4) is 0 Å². The molecule has 0 aliphatic heterocycles. The fourth-order valence-corrected chi connectivity index (χ4v) is 3.59. The van der Waals surface area contributed by atoms with Gasteiger partial charge in [-0.3, -0.25) is 0 Å². The number of hydrogen-bond donors (Lipinski definition) is 0. The van der Waals surface area contributed by atoms with Crippen molar-refractivity contribution in [1.82, 2.24) is 0 Å². The largest absolute Gasteiger partial charge is 0.427 e. The smallest absolute Gasteiger partial charge is 0.145 e. The molecule has 2 aromatic rings. The van der Waals surface area contributed by atoms with Gasteiger partial charge in [0.25, 0.3) is 0 Å². The van der Waals surface area contributed by atoms with E-state index in [1.165, 1.54) is 11.1 Å². The van der Waals surface area contributed by atoms with Crippen molar-refractivity contribution < 1.29 is 4.43 Å². The molecule has 2 heteroatoms. The molecule has 0 atom stereocenters. The van der Waals surface area contributed by atoms with E-state index in [1.54, 1.807) is 0 Å². The molecule has 0 fully saturated rings. The van der Waals surface area contributed by atoms with Crippen LogP contribution >= 0.6 is 0 Å². The minimum Gasteiger partial charge on any atom is -0.427 e. The first-order chi connectivity index (χ1) is 9.15.